The zero-order chi connectivity index (χ0) is 16.9. The van der Waals surface area contributed by atoms with Crippen LogP contribution in [0.3, 0.4) is 0 Å². The average Bonchev–Trinajstić information content (AvgIpc) is 3.05. The number of amides is 1. The third-order valence-corrected chi connectivity index (χ3v) is 3.92. The van der Waals surface area contributed by atoms with Gasteiger partial charge in [0, 0.05) is 19.0 Å². The van der Waals surface area contributed by atoms with Crippen LogP contribution in [0.1, 0.15) is 19.0 Å². The molecule has 126 valence electrons. The second-order valence-electron chi connectivity index (χ2n) is 5.90. The van der Waals surface area contributed by atoms with Crippen molar-refractivity contribution in [3.05, 3.63) is 48.2 Å². The molecule has 6 nitrogen and oxygen atoms in total. The summed E-state index contributed by atoms with van der Waals surface area (Å²) in [5.74, 6) is 1.16. The number of aryl methyl sites for hydroxylation is 1. The molecule has 24 heavy (non-hydrogen) atoms. The van der Waals surface area contributed by atoms with Gasteiger partial charge in [0.2, 0.25) is 5.88 Å². The summed E-state index contributed by atoms with van der Waals surface area (Å²) in [6, 6.07) is 13.0. The molecule has 1 amide bonds. The van der Waals surface area contributed by atoms with E-state index in [4.69, 9.17) is 9.47 Å². The highest BCUT2D eigenvalue weighted by atomic mass is 16.5. The van der Waals surface area contributed by atoms with Gasteiger partial charge in [-0.25, -0.2) is 0 Å². The van der Waals surface area contributed by atoms with Crippen LogP contribution >= 0.6 is 0 Å². The molecule has 1 fully saturated rings. The zero-order valence-corrected chi connectivity index (χ0v) is 13.9. The van der Waals surface area contributed by atoms with Crippen molar-refractivity contribution < 1.29 is 14.3 Å². The number of likely N-dealkylation sites (tertiary alicyclic amines) is 1. The maximum Gasteiger partial charge on any atom is 0.263 e. The number of hydrogen-bond acceptors (Lipinski definition) is 5. The molecule has 1 aromatic carbocycles. The van der Waals surface area contributed by atoms with E-state index in [1.165, 1.54) is 0 Å². The predicted octanol–water partition coefficient (Wildman–Crippen LogP) is 2.23. The molecule has 3 rings (SSSR count). The molecule has 6 heteroatoms. The van der Waals surface area contributed by atoms with Crippen molar-refractivity contribution in [2.75, 3.05) is 13.1 Å². The van der Waals surface area contributed by atoms with Gasteiger partial charge in [-0.2, -0.15) is 5.10 Å². The average molecular weight is 327 g/mol. The topological polar surface area (TPSA) is 64.5 Å². The highest BCUT2D eigenvalue weighted by Gasteiger charge is 2.31. The van der Waals surface area contributed by atoms with Crippen LogP contribution in [0.2, 0.25) is 0 Å². The molecule has 1 aliphatic heterocycles. The SMILES string of the molecule is Cc1ccc(O[C@@H]2CCN(C(=O)[C@@H](C)Oc3ccccc3)C2)nn1. The van der Waals surface area contributed by atoms with E-state index in [9.17, 15) is 4.79 Å². The van der Waals surface area contributed by atoms with Gasteiger partial charge in [0.1, 0.15) is 11.9 Å². The van der Waals surface area contributed by atoms with E-state index in [0.29, 0.717) is 24.7 Å². The molecule has 1 aliphatic rings. The fourth-order valence-corrected chi connectivity index (χ4v) is 2.66. The van der Waals surface area contributed by atoms with Crippen molar-refractivity contribution in [3.63, 3.8) is 0 Å². The summed E-state index contributed by atoms with van der Waals surface area (Å²) >= 11 is 0. The van der Waals surface area contributed by atoms with Gasteiger partial charge in [-0.3, -0.25) is 4.79 Å². The summed E-state index contributed by atoms with van der Waals surface area (Å²) in [5.41, 5.74) is 0.845. The fourth-order valence-electron chi connectivity index (χ4n) is 2.66. The van der Waals surface area contributed by atoms with E-state index in [2.05, 4.69) is 10.2 Å². The van der Waals surface area contributed by atoms with Crippen molar-refractivity contribution in [3.8, 4) is 11.6 Å². The third kappa shape index (κ3) is 4.01. The van der Waals surface area contributed by atoms with Crippen LogP contribution in [0, 0.1) is 6.92 Å². The predicted molar refractivity (Wildman–Crippen MR) is 88.9 cm³/mol. The molecular weight excluding hydrogens is 306 g/mol. The van der Waals surface area contributed by atoms with Crippen LogP contribution in [0.25, 0.3) is 0 Å². The van der Waals surface area contributed by atoms with E-state index in [0.717, 1.165) is 12.1 Å². The van der Waals surface area contributed by atoms with Crippen LogP contribution in [0.4, 0.5) is 0 Å². The second-order valence-corrected chi connectivity index (χ2v) is 5.90. The first kappa shape index (κ1) is 16.2. The minimum absolute atomic E-state index is 0.0278. The maximum absolute atomic E-state index is 12.5. The minimum Gasteiger partial charge on any atom is -0.481 e. The molecule has 2 atom stereocenters. The third-order valence-electron chi connectivity index (χ3n) is 3.92. The lowest BCUT2D eigenvalue weighted by atomic mass is 10.3. The first-order valence-corrected chi connectivity index (χ1v) is 8.09. The molecule has 0 radical (unpaired) electrons. The van der Waals surface area contributed by atoms with Crippen LogP contribution < -0.4 is 9.47 Å². The van der Waals surface area contributed by atoms with Crippen molar-refractivity contribution in [2.24, 2.45) is 0 Å². The standard InChI is InChI=1S/C18H21N3O3/c1-13-8-9-17(20-19-13)24-16-10-11-21(12-16)18(22)14(2)23-15-6-4-3-5-7-15/h3-9,14,16H,10-12H2,1-2H3/t14-,16-/m1/s1. The van der Waals surface area contributed by atoms with Gasteiger partial charge in [-0.1, -0.05) is 18.2 Å². The Balaban J connectivity index is 1.52. The number of rotatable bonds is 5. The Hall–Kier alpha value is -2.63. The Morgan fingerprint density at radius 2 is 2.00 bits per heavy atom. The number of hydrogen-bond donors (Lipinski definition) is 0. The number of benzene rings is 1. The van der Waals surface area contributed by atoms with Crippen molar-refractivity contribution >= 4 is 5.91 Å². The molecule has 2 aromatic rings. The number of aromatic nitrogens is 2. The van der Waals surface area contributed by atoms with E-state index in [-0.39, 0.29) is 12.0 Å². The fraction of sp³-hybridized carbons (Fsp3) is 0.389. The van der Waals surface area contributed by atoms with Gasteiger partial charge < -0.3 is 14.4 Å². The monoisotopic (exact) mass is 327 g/mol. The molecule has 0 N–H and O–H groups in total. The Kier molecular flexibility index (Phi) is 4.93. The number of nitrogens with zero attached hydrogens (tertiary/aromatic N) is 3. The van der Waals surface area contributed by atoms with Crippen LogP contribution in [-0.2, 0) is 4.79 Å². The Labute approximate surface area is 141 Å². The Morgan fingerprint density at radius 1 is 1.21 bits per heavy atom. The van der Waals surface area contributed by atoms with Crippen LogP contribution in [-0.4, -0.2) is 46.3 Å². The summed E-state index contributed by atoms with van der Waals surface area (Å²) in [5, 5.41) is 7.98. The van der Waals surface area contributed by atoms with Gasteiger partial charge in [-0.05, 0) is 32.0 Å². The highest BCUT2D eigenvalue weighted by Crippen LogP contribution is 2.18. The normalized spacial score (nSPS) is 18.2. The summed E-state index contributed by atoms with van der Waals surface area (Å²) in [4.78, 5) is 14.3. The minimum atomic E-state index is -0.523. The Bertz CT molecular complexity index is 676. The molecule has 1 saturated heterocycles. The molecule has 0 spiro atoms. The second kappa shape index (κ2) is 7.29. The first-order valence-electron chi connectivity index (χ1n) is 8.09. The Morgan fingerprint density at radius 3 is 2.71 bits per heavy atom. The number of para-hydroxylation sites is 1. The highest BCUT2D eigenvalue weighted by molar-refractivity contribution is 5.81. The maximum atomic E-state index is 12.5. The van der Waals surface area contributed by atoms with E-state index >= 15 is 0 Å². The van der Waals surface area contributed by atoms with Crippen molar-refractivity contribution in [1.29, 1.82) is 0 Å². The molecule has 0 aliphatic carbocycles. The lowest BCUT2D eigenvalue weighted by Crippen LogP contribution is -2.40. The number of ether oxygens (including phenoxy) is 2. The molecule has 1 aromatic heterocycles. The van der Waals surface area contributed by atoms with Crippen LogP contribution in [0.15, 0.2) is 42.5 Å². The quantitative estimate of drug-likeness (QED) is 0.842. The van der Waals surface area contributed by atoms with Gasteiger partial charge >= 0.3 is 0 Å². The van der Waals surface area contributed by atoms with Crippen molar-refractivity contribution in [2.45, 2.75) is 32.5 Å². The number of carbonyl (C=O) groups is 1. The van der Waals surface area contributed by atoms with Gasteiger partial charge in [0.15, 0.2) is 6.10 Å². The summed E-state index contributed by atoms with van der Waals surface area (Å²) < 4.78 is 11.5. The van der Waals surface area contributed by atoms with Gasteiger partial charge in [0.05, 0.1) is 12.2 Å². The van der Waals surface area contributed by atoms with Crippen LogP contribution in [0.5, 0.6) is 11.6 Å². The smallest absolute Gasteiger partial charge is 0.263 e. The van der Waals surface area contributed by atoms with E-state index < -0.39 is 6.10 Å². The lowest BCUT2D eigenvalue weighted by Gasteiger charge is -2.21. The molecule has 0 unspecified atom stereocenters. The molecule has 2 heterocycles. The number of carbonyl (C=O) groups excluding carboxylic acids is 1. The first-order chi connectivity index (χ1) is 11.6. The zero-order valence-electron chi connectivity index (χ0n) is 13.9. The molecular formula is C18H21N3O3. The van der Waals surface area contributed by atoms with E-state index in [1.807, 2.05) is 43.3 Å². The largest absolute Gasteiger partial charge is 0.481 e. The molecule has 0 bridgehead atoms. The summed E-state index contributed by atoms with van der Waals surface area (Å²) in [6.45, 7) is 4.85. The van der Waals surface area contributed by atoms with E-state index in [1.54, 1.807) is 17.9 Å². The lowest BCUT2D eigenvalue weighted by molar-refractivity contribution is -0.137. The summed E-state index contributed by atoms with van der Waals surface area (Å²) in [6.07, 6.45) is 0.194. The summed E-state index contributed by atoms with van der Waals surface area (Å²) in [7, 11) is 0. The van der Waals surface area contributed by atoms with Gasteiger partial charge in [0.25, 0.3) is 5.91 Å². The molecule has 0 saturated carbocycles. The van der Waals surface area contributed by atoms with Crippen molar-refractivity contribution in [1.82, 2.24) is 15.1 Å². The van der Waals surface area contributed by atoms with Gasteiger partial charge in [-0.15, -0.1) is 5.10 Å².